The number of aromatic nitrogens is 1. The second-order valence-corrected chi connectivity index (χ2v) is 6.25. The van der Waals surface area contributed by atoms with Gasteiger partial charge in [-0.1, -0.05) is 0 Å². The molecular weight excluding hydrogens is 276 g/mol. The van der Waals surface area contributed by atoms with Crippen molar-refractivity contribution in [1.29, 1.82) is 0 Å². The van der Waals surface area contributed by atoms with Crippen LogP contribution >= 0.6 is 0 Å². The molecular formula is C14H16N2O3S. The van der Waals surface area contributed by atoms with E-state index in [1.54, 1.807) is 50.6 Å². The van der Waals surface area contributed by atoms with Crippen LogP contribution in [0.5, 0.6) is 5.75 Å². The van der Waals surface area contributed by atoms with Crippen LogP contribution in [-0.4, -0.2) is 27.6 Å². The first-order valence-corrected chi connectivity index (χ1v) is 7.44. The molecule has 0 saturated heterocycles. The highest BCUT2D eigenvalue weighted by atomic mass is 32.2. The van der Waals surface area contributed by atoms with Crippen LogP contribution in [0, 0.1) is 6.92 Å². The molecule has 0 saturated carbocycles. The van der Waals surface area contributed by atoms with Crippen LogP contribution in [0.25, 0.3) is 0 Å². The molecule has 2 rings (SSSR count). The fourth-order valence-corrected chi connectivity index (χ4v) is 3.25. The van der Waals surface area contributed by atoms with Crippen LogP contribution in [0.1, 0.15) is 5.56 Å². The lowest BCUT2D eigenvalue weighted by atomic mass is 10.2. The maximum atomic E-state index is 12.6. The third-order valence-corrected chi connectivity index (χ3v) is 4.98. The van der Waals surface area contributed by atoms with Crippen molar-refractivity contribution in [2.24, 2.45) is 0 Å². The van der Waals surface area contributed by atoms with E-state index in [0.29, 0.717) is 17.0 Å². The zero-order chi connectivity index (χ0) is 14.8. The predicted molar refractivity (Wildman–Crippen MR) is 77.6 cm³/mol. The summed E-state index contributed by atoms with van der Waals surface area (Å²) in [4.78, 5) is 4.19. The van der Waals surface area contributed by atoms with E-state index >= 15 is 0 Å². The van der Waals surface area contributed by atoms with E-state index in [9.17, 15) is 8.42 Å². The Labute approximate surface area is 118 Å². The number of hydrogen-bond donors (Lipinski definition) is 0. The van der Waals surface area contributed by atoms with Gasteiger partial charge in [-0.25, -0.2) is 8.42 Å². The molecule has 0 unspecified atom stereocenters. The van der Waals surface area contributed by atoms with E-state index in [2.05, 4.69) is 4.98 Å². The summed E-state index contributed by atoms with van der Waals surface area (Å²) >= 11 is 0. The first kappa shape index (κ1) is 14.3. The third kappa shape index (κ3) is 2.60. The summed E-state index contributed by atoms with van der Waals surface area (Å²) in [6, 6.07) is 8.28. The molecule has 0 aliphatic rings. The van der Waals surface area contributed by atoms with Crippen molar-refractivity contribution in [3.05, 3.63) is 48.3 Å². The molecule has 106 valence electrons. The molecule has 20 heavy (non-hydrogen) atoms. The number of aryl methyl sites for hydroxylation is 1. The average molecular weight is 292 g/mol. The minimum Gasteiger partial charge on any atom is -0.497 e. The largest absolute Gasteiger partial charge is 0.497 e. The molecule has 5 nitrogen and oxygen atoms in total. The van der Waals surface area contributed by atoms with Gasteiger partial charge < -0.3 is 4.74 Å². The zero-order valence-electron chi connectivity index (χ0n) is 11.6. The van der Waals surface area contributed by atoms with Gasteiger partial charge in [-0.3, -0.25) is 9.29 Å². The highest BCUT2D eigenvalue weighted by molar-refractivity contribution is 7.92. The number of benzene rings is 1. The minimum absolute atomic E-state index is 0.254. The number of nitrogens with zero attached hydrogens (tertiary/aromatic N) is 2. The number of ether oxygens (including phenoxy) is 1. The Morgan fingerprint density at radius 1 is 1.25 bits per heavy atom. The lowest BCUT2D eigenvalue weighted by molar-refractivity contribution is 0.414. The van der Waals surface area contributed by atoms with Gasteiger partial charge in [-0.15, -0.1) is 0 Å². The first-order valence-electron chi connectivity index (χ1n) is 6.00. The monoisotopic (exact) mass is 292 g/mol. The summed E-state index contributed by atoms with van der Waals surface area (Å²) in [7, 11) is -0.554. The molecule has 0 atom stereocenters. The quantitative estimate of drug-likeness (QED) is 0.867. The van der Waals surface area contributed by atoms with Gasteiger partial charge >= 0.3 is 0 Å². The van der Waals surface area contributed by atoms with Crippen LogP contribution in [0.4, 0.5) is 5.69 Å². The van der Waals surface area contributed by atoms with Crippen LogP contribution < -0.4 is 9.04 Å². The number of rotatable bonds is 4. The van der Waals surface area contributed by atoms with Crippen molar-refractivity contribution in [2.45, 2.75) is 11.8 Å². The smallest absolute Gasteiger partial charge is 0.264 e. The van der Waals surface area contributed by atoms with Gasteiger partial charge in [0.15, 0.2) is 0 Å². The molecule has 1 aromatic carbocycles. The van der Waals surface area contributed by atoms with E-state index in [0.717, 1.165) is 0 Å². The van der Waals surface area contributed by atoms with Crippen molar-refractivity contribution < 1.29 is 13.2 Å². The van der Waals surface area contributed by atoms with Gasteiger partial charge in [0.05, 0.1) is 23.9 Å². The van der Waals surface area contributed by atoms with Crippen molar-refractivity contribution in [2.75, 3.05) is 18.5 Å². The Morgan fingerprint density at radius 2 is 2.00 bits per heavy atom. The summed E-state index contributed by atoms with van der Waals surface area (Å²) in [5, 5.41) is 0. The van der Waals surface area contributed by atoms with Gasteiger partial charge in [-0.2, -0.15) is 0 Å². The van der Waals surface area contributed by atoms with Crippen molar-refractivity contribution in [3.63, 3.8) is 0 Å². The zero-order valence-corrected chi connectivity index (χ0v) is 12.4. The Morgan fingerprint density at radius 3 is 2.55 bits per heavy atom. The topological polar surface area (TPSA) is 59.5 Å². The number of pyridine rings is 1. The summed E-state index contributed by atoms with van der Waals surface area (Å²) in [6.07, 6.45) is 3.11. The maximum absolute atomic E-state index is 12.6. The number of sulfonamides is 1. The molecule has 0 N–H and O–H groups in total. The summed E-state index contributed by atoms with van der Waals surface area (Å²) in [6.45, 7) is 1.74. The fourth-order valence-electron chi connectivity index (χ4n) is 1.86. The summed E-state index contributed by atoms with van der Waals surface area (Å²) in [5.41, 5.74) is 1.16. The van der Waals surface area contributed by atoms with E-state index < -0.39 is 10.0 Å². The standard InChI is InChI=1S/C14H16N2O3S/c1-11-9-13(19-3)6-7-14(11)20(17,18)16(2)12-5-4-8-15-10-12/h4-10H,1-3H3. The molecule has 0 amide bonds. The molecule has 0 radical (unpaired) electrons. The third-order valence-electron chi connectivity index (χ3n) is 3.03. The Bertz CT molecular complexity index is 700. The van der Waals surface area contributed by atoms with Crippen LogP contribution in [-0.2, 0) is 10.0 Å². The Balaban J connectivity index is 2.45. The van der Waals surface area contributed by atoms with Gasteiger partial charge in [-0.05, 0) is 42.8 Å². The van der Waals surface area contributed by atoms with Crippen LogP contribution in [0.3, 0.4) is 0 Å². The molecule has 0 fully saturated rings. The maximum Gasteiger partial charge on any atom is 0.264 e. The summed E-state index contributed by atoms with van der Waals surface area (Å²) in [5.74, 6) is 0.630. The molecule has 0 aliphatic carbocycles. The average Bonchev–Trinajstić information content (AvgIpc) is 2.46. The Kier molecular flexibility index (Phi) is 3.94. The Hall–Kier alpha value is -2.08. The lowest BCUT2D eigenvalue weighted by Gasteiger charge is -2.20. The van der Waals surface area contributed by atoms with Crippen molar-refractivity contribution >= 4 is 15.7 Å². The number of hydrogen-bond acceptors (Lipinski definition) is 4. The van der Waals surface area contributed by atoms with Crippen molar-refractivity contribution in [1.82, 2.24) is 4.98 Å². The normalized spacial score (nSPS) is 11.2. The lowest BCUT2D eigenvalue weighted by Crippen LogP contribution is -2.27. The second-order valence-electron chi connectivity index (χ2n) is 4.32. The van der Waals surface area contributed by atoms with E-state index in [4.69, 9.17) is 4.74 Å². The molecule has 1 aromatic heterocycles. The first-order chi connectivity index (χ1) is 9.46. The number of anilines is 1. The molecule has 0 aliphatic heterocycles. The van der Waals surface area contributed by atoms with Gasteiger partial charge in [0, 0.05) is 13.2 Å². The molecule has 2 aromatic rings. The van der Waals surface area contributed by atoms with Gasteiger partial charge in [0.25, 0.3) is 10.0 Å². The van der Waals surface area contributed by atoms with Crippen molar-refractivity contribution in [3.8, 4) is 5.75 Å². The number of methoxy groups -OCH3 is 1. The predicted octanol–water partition coefficient (Wildman–Crippen LogP) is 2.22. The molecule has 1 heterocycles. The molecule has 0 bridgehead atoms. The second kappa shape index (κ2) is 5.50. The summed E-state index contributed by atoms with van der Waals surface area (Å²) < 4.78 is 31.5. The van der Waals surface area contributed by atoms with E-state index in [-0.39, 0.29) is 4.90 Å². The van der Waals surface area contributed by atoms with Crippen LogP contribution in [0.2, 0.25) is 0 Å². The molecule has 0 spiro atoms. The molecule has 6 heteroatoms. The van der Waals surface area contributed by atoms with E-state index in [1.165, 1.54) is 17.5 Å². The van der Waals surface area contributed by atoms with Gasteiger partial charge in [0.1, 0.15) is 5.75 Å². The fraction of sp³-hybridized carbons (Fsp3) is 0.214. The highest BCUT2D eigenvalue weighted by Gasteiger charge is 2.23. The SMILES string of the molecule is COc1ccc(S(=O)(=O)N(C)c2cccnc2)c(C)c1. The van der Waals surface area contributed by atoms with Crippen LogP contribution in [0.15, 0.2) is 47.6 Å². The highest BCUT2D eigenvalue weighted by Crippen LogP contribution is 2.26. The minimum atomic E-state index is -3.61. The van der Waals surface area contributed by atoms with E-state index in [1.807, 2.05) is 0 Å². The van der Waals surface area contributed by atoms with Gasteiger partial charge in [0.2, 0.25) is 0 Å².